The lowest BCUT2D eigenvalue weighted by Crippen LogP contribution is -2.30. The van der Waals surface area contributed by atoms with E-state index in [0.717, 1.165) is 19.5 Å². The van der Waals surface area contributed by atoms with Crippen LogP contribution in [-0.4, -0.2) is 35.6 Å². The molecule has 0 unspecified atom stereocenters. The molecule has 68 valence electrons. The second kappa shape index (κ2) is 6.68. The molecule has 0 aliphatic heterocycles. The first-order valence-corrected chi connectivity index (χ1v) is 4.04. The zero-order chi connectivity index (χ0) is 9.40. The first-order valence-electron chi connectivity index (χ1n) is 4.04. The van der Waals surface area contributed by atoms with E-state index in [0.29, 0.717) is 0 Å². The van der Waals surface area contributed by atoms with Crippen molar-refractivity contribution < 1.29 is 9.90 Å². The van der Waals surface area contributed by atoms with Gasteiger partial charge in [-0.05, 0) is 13.5 Å². The number of hydrogen-bond acceptors (Lipinski definition) is 2. The van der Waals surface area contributed by atoms with E-state index in [2.05, 4.69) is 11.8 Å². The van der Waals surface area contributed by atoms with Gasteiger partial charge < -0.3 is 5.11 Å². The summed E-state index contributed by atoms with van der Waals surface area (Å²) in [4.78, 5) is 12.2. The van der Waals surface area contributed by atoms with E-state index in [4.69, 9.17) is 5.11 Å². The fraction of sp³-hybridized carbons (Fsp3) is 0.667. The molecule has 3 nitrogen and oxygen atoms in total. The summed E-state index contributed by atoms with van der Waals surface area (Å²) in [7, 11) is 0. The van der Waals surface area contributed by atoms with Crippen molar-refractivity contribution in [1.82, 2.24) is 4.90 Å². The van der Waals surface area contributed by atoms with Crippen molar-refractivity contribution in [1.29, 1.82) is 0 Å². The normalized spacial score (nSPS) is 9.25. The van der Waals surface area contributed by atoms with Crippen molar-refractivity contribution in [3.8, 4) is 11.8 Å². The Kier molecular flexibility index (Phi) is 6.12. The molecule has 0 fully saturated rings. The Morgan fingerprint density at radius 3 is 2.67 bits per heavy atom. The summed E-state index contributed by atoms with van der Waals surface area (Å²) in [5, 5.41) is 8.49. The maximum absolute atomic E-state index is 10.3. The molecule has 0 aromatic carbocycles. The highest BCUT2D eigenvalue weighted by molar-refractivity contribution is 5.69. The Morgan fingerprint density at radius 1 is 1.58 bits per heavy atom. The topological polar surface area (TPSA) is 40.5 Å². The summed E-state index contributed by atoms with van der Waals surface area (Å²) in [6, 6.07) is 0. The van der Waals surface area contributed by atoms with Crippen molar-refractivity contribution in [2.24, 2.45) is 0 Å². The fourth-order valence-corrected chi connectivity index (χ4v) is 0.879. The van der Waals surface area contributed by atoms with E-state index in [1.54, 1.807) is 6.92 Å². The van der Waals surface area contributed by atoms with Gasteiger partial charge >= 0.3 is 5.97 Å². The minimum atomic E-state index is -0.777. The average molecular weight is 169 g/mol. The minimum Gasteiger partial charge on any atom is -0.480 e. The first-order chi connectivity index (χ1) is 5.70. The Hall–Kier alpha value is -1.01. The quantitative estimate of drug-likeness (QED) is 0.619. The summed E-state index contributed by atoms with van der Waals surface area (Å²) >= 11 is 0. The predicted octanol–water partition coefficient (Wildman–Crippen LogP) is 0.806. The molecule has 0 bridgehead atoms. The van der Waals surface area contributed by atoms with E-state index in [1.165, 1.54) is 0 Å². The molecule has 0 aromatic heterocycles. The summed E-state index contributed by atoms with van der Waals surface area (Å²) in [5.74, 6) is 4.90. The summed E-state index contributed by atoms with van der Waals surface area (Å²) in [6.07, 6.45) is 0.748. The van der Waals surface area contributed by atoms with Crippen molar-refractivity contribution in [3.05, 3.63) is 0 Å². The molecule has 0 aromatic rings. The van der Waals surface area contributed by atoms with Crippen LogP contribution in [0.1, 0.15) is 20.3 Å². The number of aliphatic carboxylic acids is 1. The van der Waals surface area contributed by atoms with Crippen LogP contribution in [0.3, 0.4) is 0 Å². The zero-order valence-corrected chi connectivity index (χ0v) is 7.63. The molecule has 0 saturated heterocycles. The lowest BCUT2D eigenvalue weighted by atomic mass is 10.3. The van der Waals surface area contributed by atoms with Gasteiger partial charge in [-0.15, -0.1) is 11.8 Å². The van der Waals surface area contributed by atoms with Crippen LogP contribution >= 0.6 is 0 Å². The third-order valence-electron chi connectivity index (χ3n) is 1.54. The van der Waals surface area contributed by atoms with Crippen molar-refractivity contribution in [3.63, 3.8) is 0 Å². The van der Waals surface area contributed by atoms with Gasteiger partial charge in [-0.2, -0.15) is 0 Å². The molecule has 0 atom stereocenters. The van der Waals surface area contributed by atoms with Crippen LogP contribution in [0.25, 0.3) is 0 Å². The van der Waals surface area contributed by atoms with Gasteiger partial charge in [0.2, 0.25) is 0 Å². The van der Waals surface area contributed by atoms with Crippen LogP contribution in [0.4, 0.5) is 0 Å². The van der Waals surface area contributed by atoms with Crippen molar-refractivity contribution in [2.45, 2.75) is 20.3 Å². The lowest BCUT2D eigenvalue weighted by Gasteiger charge is -2.15. The maximum Gasteiger partial charge on any atom is 0.317 e. The van der Waals surface area contributed by atoms with Gasteiger partial charge in [-0.25, -0.2) is 0 Å². The predicted molar refractivity (Wildman–Crippen MR) is 47.8 cm³/mol. The summed E-state index contributed by atoms with van der Waals surface area (Å²) < 4.78 is 0. The number of likely N-dealkylation sites (N-methyl/N-ethyl adjacent to an activating group) is 1. The van der Waals surface area contributed by atoms with Crippen LogP contribution in [0.15, 0.2) is 0 Å². The van der Waals surface area contributed by atoms with E-state index < -0.39 is 5.97 Å². The van der Waals surface area contributed by atoms with Gasteiger partial charge in [0.25, 0.3) is 0 Å². The number of rotatable bonds is 5. The highest BCUT2D eigenvalue weighted by atomic mass is 16.4. The van der Waals surface area contributed by atoms with Crippen molar-refractivity contribution in [2.75, 3.05) is 19.6 Å². The Balaban J connectivity index is 3.64. The molecular weight excluding hydrogens is 154 g/mol. The standard InChI is InChI=1S/C9H15NO2/c1-3-5-6-7-10(4-2)8-9(11)12/h4,6-8H2,1-2H3,(H,11,12). The fourth-order valence-electron chi connectivity index (χ4n) is 0.879. The number of hydrogen-bond donors (Lipinski definition) is 1. The molecule has 0 radical (unpaired) electrons. The summed E-state index contributed by atoms with van der Waals surface area (Å²) in [6.45, 7) is 5.35. The molecule has 0 aliphatic carbocycles. The molecule has 0 saturated carbocycles. The first kappa shape index (κ1) is 11.0. The molecule has 0 spiro atoms. The summed E-state index contributed by atoms with van der Waals surface area (Å²) in [5.41, 5.74) is 0. The maximum atomic E-state index is 10.3. The van der Waals surface area contributed by atoms with Crippen LogP contribution in [0.5, 0.6) is 0 Å². The van der Waals surface area contributed by atoms with Crippen molar-refractivity contribution >= 4 is 5.97 Å². The minimum absolute atomic E-state index is 0.113. The molecule has 0 amide bonds. The number of carbonyl (C=O) groups is 1. The Bertz CT molecular complexity index is 190. The largest absolute Gasteiger partial charge is 0.480 e. The second-order valence-corrected chi connectivity index (χ2v) is 2.44. The monoisotopic (exact) mass is 169 g/mol. The number of carboxylic acids is 1. The van der Waals surface area contributed by atoms with Crippen LogP contribution in [0.2, 0.25) is 0 Å². The van der Waals surface area contributed by atoms with Crippen LogP contribution in [0, 0.1) is 11.8 Å². The third-order valence-corrected chi connectivity index (χ3v) is 1.54. The molecule has 1 N–H and O–H groups in total. The van der Waals surface area contributed by atoms with E-state index in [-0.39, 0.29) is 6.54 Å². The average Bonchev–Trinajstić information content (AvgIpc) is 2.02. The Morgan fingerprint density at radius 2 is 2.25 bits per heavy atom. The number of nitrogens with zero attached hydrogens (tertiary/aromatic N) is 1. The van der Waals surface area contributed by atoms with Gasteiger partial charge in [0.15, 0.2) is 0 Å². The zero-order valence-electron chi connectivity index (χ0n) is 7.63. The van der Waals surface area contributed by atoms with Gasteiger partial charge in [-0.1, -0.05) is 6.92 Å². The highest BCUT2D eigenvalue weighted by Crippen LogP contribution is 1.89. The van der Waals surface area contributed by atoms with Gasteiger partial charge in [0, 0.05) is 13.0 Å². The SMILES string of the molecule is CC#CCCN(CC)CC(=O)O. The smallest absolute Gasteiger partial charge is 0.317 e. The van der Waals surface area contributed by atoms with E-state index >= 15 is 0 Å². The van der Waals surface area contributed by atoms with E-state index in [1.807, 2.05) is 11.8 Å². The molecule has 12 heavy (non-hydrogen) atoms. The van der Waals surface area contributed by atoms with Crippen LogP contribution in [-0.2, 0) is 4.79 Å². The lowest BCUT2D eigenvalue weighted by molar-refractivity contribution is -0.138. The van der Waals surface area contributed by atoms with Gasteiger partial charge in [0.1, 0.15) is 0 Å². The molecule has 0 rings (SSSR count). The van der Waals surface area contributed by atoms with Gasteiger partial charge in [-0.3, -0.25) is 9.69 Å². The molecular formula is C9H15NO2. The molecule has 0 heterocycles. The highest BCUT2D eigenvalue weighted by Gasteiger charge is 2.05. The van der Waals surface area contributed by atoms with E-state index in [9.17, 15) is 4.79 Å². The second-order valence-electron chi connectivity index (χ2n) is 2.44. The van der Waals surface area contributed by atoms with Gasteiger partial charge in [0.05, 0.1) is 6.54 Å². The van der Waals surface area contributed by atoms with Crippen LogP contribution < -0.4 is 0 Å². The Labute approximate surface area is 73.4 Å². The molecule has 3 heteroatoms. The molecule has 0 aliphatic rings. The number of carboxylic acid groups (broad SMARTS) is 1. The third kappa shape index (κ3) is 5.75.